The zero-order valence-corrected chi connectivity index (χ0v) is 44.4. The maximum Gasteiger partial charge on any atom is 0.0725 e. The van der Waals surface area contributed by atoms with Crippen LogP contribution in [0, 0.1) is 0 Å². The molecule has 2 aliphatic rings. The van der Waals surface area contributed by atoms with Crippen molar-refractivity contribution in [2.45, 2.75) is 5.41 Å². The van der Waals surface area contributed by atoms with Crippen LogP contribution in [0.2, 0.25) is 0 Å². The Morgan fingerprint density at radius 3 is 1.21 bits per heavy atom. The molecule has 1 aromatic heterocycles. The molecule has 0 radical (unpaired) electrons. The van der Waals surface area contributed by atoms with Crippen LogP contribution < -0.4 is 4.90 Å². The van der Waals surface area contributed by atoms with Crippen molar-refractivity contribution in [2.24, 2.45) is 0 Å². The van der Waals surface area contributed by atoms with E-state index in [1.54, 1.807) is 0 Å². The fourth-order valence-electron chi connectivity index (χ4n) is 13.7. The number of rotatable bonds is 9. The Morgan fingerprint density at radius 1 is 0.247 bits per heavy atom. The monoisotopic (exact) mass is 1030 g/mol. The lowest BCUT2D eigenvalue weighted by molar-refractivity contribution is 0.794. The third kappa shape index (κ3) is 7.34. The van der Waals surface area contributed by atoms with Crippen LogP contribution >= 0.6 is 0 Å². The second-order valence-electron chi connectivity index (χ2n) is 21.5. The molecule has 0 bridgehead atoms. The Balaban J connectivity index is 0.894. The van der Waals surface area contributed by atoms with E-state index in [9.17, 15) is 0 Å². The second kappa shape index (κ2) is 18.8. The largest absolute Gasteiger partial charge is 0.311 e. The maximum atomic E-state index is 2.46. The molecule has 0 amide bonds. The highest BCUT2D eigenvalue weighted by Gasteiger charge is 2.52. The van der Waals surface area contributed by atoms with Crippen molar-refractivity contribution < 1.29 is 0 Å². The maximum absolute atomic E-state index is 2.46. The van der Waals surface area contributed by atoms with Gasteiger partial charge in [0.05, 0.1) is 16.4 Å². The van der Waals surface area contributed by atoms with Crippen molar-refractivity contribution in [3.8, 4) is 83.6 Å². The summed E-state index contributed by atoms with van der Waals surface area (Å²) >= 11 is 0. The summed E-state index contributed by atoms with van der Waals surface area (Å²) in [6.07, 6.45) is 0. The van der Waals surface area contributed by atoms with Gasteiger partial charge in [0, 0.05) is 33.5 Å². The van der Waals surface area contributed by atoms with E-state index in [-0.39, 0.29) is 0 Å². The zero-order chi connectivity index (χ0) is 53.4. The van der Waals surface area contributed by atoms with Crippen molar-refractivity contribution >= 4 is 38.9 Å². The molecule has 1 spiro atoms. The van der Waals surface area contributed by atoms with Crippen molar-refractivity contribution in [3.63, 3.8) is 0 Å². The van der Waals surface area contributed by atoms with E-state index < -0.39 is 5.41 Å². The average Bonchev–Trinajstić information content (AvgIpc) is 4.36. The molecule has 0 N–H and O–H groups in total. The molecule has 378 valence electrons. The van der Waals surface area contributed by atoms with Gasteiger partial charge in [-0.2, -0.15) is 0 Å². The number of nitrogens with zero attached hydrogens (tertiary/aromatic N) is 2. The predicted molar refractivity (Wildman–Crippen MR) is 339 cm³/mol. The quantitative estimate of drug-likeness (QED) is 0.140. The van der Waals surface area contributed by atoms with Crippen LogP contribution in [0.25, 0.3) is 105 Å². The lowest BCUT2D eigenvalue weighted by atomic mass is 9.70. The first kappa shape index (κ1) is 46.5. The highest BCUT2D eigenvalue weighted by atomic mass is 15.1. The fraction of sp³-hybridized carbons (Fsp3) is 0.0127. The number of benzene rings is 13. The molecule has 0 saturated heterocycles. The van der Waals surface area contributed by atoms with Gasteiger partial charge < -0.3 is 9.47 Å². The molecule has 2 heteroatoms. The molecule has 13 aromatic carbocycles. The van der Waals surface area contributed by atoms with E-state index in [1.807, 2.05) is 0 Å². The van der Waals surface area contributed by atoms with Crippen LogP contribution in [-0.4, -0.2) is 4.57 Å². The molecule has 14 aromatic rings. The molecule has 0 saturated carbocycles. The first-order valence-corrected chi connectivity index (χ1v) is 28.1. The topological polar surface area (TPSA) is 8.17 Å². The zero-order valence-electron chi connectivity index (χ0n) is 44.4. The summed E-state index contributed by atoms with van der Waals surface area (Å²) in [6.45, 7) is 0. The highest BCUT2D eigenvalue weighted by Crippen LogP contribution is 2.64. The van der Waals surface area contributed by atoms with Gasteiger partial charge in [-0.3, -0.25) is 0 Å². The summed E-state index contributed by atoms with van der Waals surface area (Å²) < 4.78 is 2.42. The Kier molecular flexibility index (Phi) is 10.8. The van der Waals surface area contributed by atoms with Crippen molar-refractivity contribution in [1.29, 1.82) is 0 Å². The molecule has 81 heavy (non-hydrogen) atoms. The predicted octanol–water partition coefficient (Wildman–Crippen LogP) is 20.9. The lowest BCUT2D eigenvalue weighted by Gasteiger charge is -2.30. The van der Waals surface area contributed by atoms with E-state index in [2.05, 4.69) is 325 Å². The van der Waals surface area contributed by atoms with Crippen LogP contribution in [0.4, 0.5) is 17.1 Å². The van der Waals surface area contributed by atoms with Gasteiger partial charge in [-0.15, -0.1) is 0 Å². The van der Waals surface area contributed by atoms with E-state index in [4.69, 9.17) is 0 Å². The number of anilines is 3. The summed E-state index contributed by atoms with van der Waals surface area (Å²) in [5.74, 6) is 0. The first-order chi connectivity index (χ1) is 40.2. The van der Waals surface area contributed by atoms with Crippen molar-refractivity contribution in [3.05, 3.63) is 338 Å². The molecular weight excluding hydrogens is 977 g/mol. The number of hydrogen-bond acceptors (Lipinski definition) is 1. The fourth-order valence-corrected chi connectivity index (χ4v) is 13.7. The summed E-state index contributed by atoms with van der Waals surface area (Å²) in [5.41, 5.74) is 28.7. The van der Waals surface area contributed by atoms with E-state index in [0.29, 0.717) is 0 Å². The van der Waals surface area contributed by atoms with Crippen LogP contribution in [0.5, 0.6) is 0 Å². The van der Waals surface area contributed by atoms with Gasteiger partial charge in [-0.1, -0.05) is 237 Å². The van der Waals surface area contributed by atoms with Gasteiger partial charge in [0.15, 0.2) is 0 Å². The minimum Gasteiger partial charge on any atom is -0.311 e. The van der Waals surface area contributed by atoms with Gasteiger partial charge in [0.2, 0.25) is 0 Å². The van der Waals surface area contributed by atoms with Crippen LogP contribution in [0.3, 0.4) is 0 Å². The normalized spacial score (nSPS) is 12.5. The van der Waals surface area contributed by atoms with Gasteiger partial charge in [0.1, 0.15) is 0 Å². The molecule has 0 unspecified atom stereocenters. The van der Waals surface area contributed by atoms with Crippen LogP contribution in [0.15, 0.2) is 315 Å². The molecule has 0 fully saturated rings. The van der Waals surface area contributed by atoms with E-state index in [0.717, 1.165) is 33.9 Å². The molecular formula is C79H52N2. The van der Waals surface area contributed by atoms with E-state index >= 15 is 0 Å². The third-order valence-electron chi connectivity index (χ3n) is 17.2. The standard InChI is InChI=1S/C79H52N2/c1-4-20-53(21-5-1)55-38-44-62(45-39-55)80(63-46-40-56(41-47-63)54-22-6-2-7-23-54)64-48-42-57(43-49-64)58-50-59(52-60(51-58)66-31-19-37-76-78(66)70-29-13-17-36-75(70)81(76)61-24-8-3-9-25-61)65-30-18-35-74-77(65)69-28-12-16-34-73(69)79(74)71-32-14-10-26-67(71)68-27-11-15-33-72(68)79/h1-52H. The Bertz CT molecular complexity index is 4580. The Hall–Kier alpha value is -10.5. The molecule has 0 aliphatic heterocycles. The molecule has 0 atom stereocenters. The summed E-state index contributed by atoms with van der Waals surface area (Å²) in [4.78, 5) is 2.37. The minimum atomic E-state index is -0.453. The van der Waals surface area contributed by atoms with Gasteiger partial charge in [0.25, 0.3) is 0 Å². The van der Waals surface area contributed by atoms with Crippen molar-refractivity contribution in [2.75, 3.05) is 4.90 Å². The molecule has 16 rings (SSSR count). The van der Waals surface area contributed by atoms with Gasteiger partial charge >= 0.3 is 0 Å². The van der Waals surface area contributed by atoms with Crippen LogP contribution in [0.1, 0.15) is 22.3 Å². The smallest absolute Gasteiger partial charge is 0.0725 e. The molecule has 2 aliphatic carbocycles. The molecule has 2 nitrogen and oxygen atoms in total. The van der Waals surface area contributed by atoms with Crippen molar-refractivity contribution in [1.82, 2.24) is 4.57 Å². The number of fused-ring (bicyclic) bond motifs is 13. The summed E-state index contributed by atoms with van der Waals surface area (Å²) in [5, 5.41) is 2.47. The van der Waals surface area contributed by atoms with E-state index in [1.165, 1.54) is 111 Å². The number of hydrogen-bond donors (Lipinski definition) is 0. The number of aromatic nitrogens is 1. The second-order valence-corrected chi connectivity index (χ2v) is 21.5. The highest BCUT2D eigenvalue weighted by molar-refractivity contribution is 6.16. The van der Waals surface area contributed by atoms with Gasteiger partial charge in [-0.05, 0) is 179 Å². The Labute approximate surface area is 472 Å². The Morgan fingerprint density at radius 2 is 0.630 bits per heavy atom. The lowest BCUT2D eigenvalue weighted by Crippen LogP contribution is -2.25. The SMILES string of the molecule is c1ccc(-c2ccc(N(c3ccc(-c4ccccc4)cc3)c3ccc(-c4cc(-c5cccc6c5-c5ccccc5C65c6ccccc6-c6ccccc65)cc(-c5cccc6c5c5ccccc5n6-c5ccccc5)c4)cc3)cc2)cc1. The van der Waals surface area contributed by atoms with Gasteiger partial charge in [-0.25, -0.2) is 0 Å². The summed E-state index contributed by atoms with van der Waals surface area (Å²) in [7, 11) is 0. The average molecular weight is 1030 g/mol. The van der Waals surface area contributed by atoms with Crippen LogP contribution in [-0.2, 0) is 5.41 Å². The number of para-hydroxylation sites is 2. The third-order valence-corrected chi connectivity index (χ3v) is 17.2. The minimum absolute atomic E-state index is 0.453. The molecule has 1 heterocycles. The first-order valence-electron chi connectivity index (χ1n) is 28.1. The summed E-state index contributed by atoms with van der Waals surface area (Å²) in [6, 6.07) is 117.